The molecule has 0 saturated carbocycles. The molecule has 0 aliphatic carbocycles. The summed E-state index contributed by atoms with van der Waals surface area (Å²) in [5, 5.41) is 3.43. The number of anilines is 1. The molecule has 2 aromatic rings. The van der Waals surface area contributed by atoms with E-state index in [0.717, 1.165) is 50.9 Å². The second kappa shape index (κ2) is 11.3. The van der Waals surface area contributed by atoms with Gasteiger partial charge in [-0.05, 0) is 43.5 Å². The second-order valence-electron chi connectivity index (χ2n) is 7.43. The summed E-state index contributed by atoms with van der Waals surface area (Å²) in [5.41, 5.74) is 2.46. The minimum Gasteiger partial charge on any atom is -0.495 e. The van der Waals surface area contributed by atoms with E-state index < -0.39 is 0 Å². The molecule has 1 atom stereocenters. The zero-order chi connectivity index (χ0) is 19.9. The zero-order valence-corrected chi connectivity index (χ0v) is 20.3. The summed E-state index contributed by atoms with van der Waals surface area (Å²) in [6.07, 6.45) is 3.24. The summed E-state index contributed by atoms with van der Waals surface area (Å²) in [4.78, 5) is 9.56. The van der Waals surface area contributed by atoms with Crippen molar-refractivity contribution in [2.24, 2.45) is 18.0 Å². The molecular weight excluding hydrogens is 477 g/mol. The van der Waals surface area contributed by atoms with Gasteiger partial charge in [0.15, 0.2) is 5.96 Å². The predicted molar refractivity (Wildman–Crippen MR) is 132 cm³/mol. The van der Waals surface area contributed by atoms with Gasteiger partial charge in [0.2, 0.25) is 0 Å². The molecule has 7 heteroatoms. The Balaban J connectivity index is 0.00000300. The smallest absolute Gasteiger partial charge is 0.194 e. The fourth-order valence-corrected chi connectivity index (χ4v) is 3.76. The van der Waals surface area contributed by atoms with Crippen molar-refractivity contribution in [2.75, 3.05) is 45.2 Å². The van der Waals surface area contributed by atoms with Gasteiger partial charge in [-0.3, -0.25) is 4.99 Å². The van der Waals surface area contributed by atoms with Crippen molar-refractivity contribution in [3.8, 4) is 5.75 Å². The van der Waals surface area contributed by atoms with Crippen LogP contribution in [0.4, 0.5) is 5.69 Å². The highest BCUT2D eigenvalue weighted by atomic mass is 127. The third-order valence-corrected chi connectivity index (χ3v) is 5.36. The van der Waals surface area contributed by atoms with E-state index in [4.69, 9.17) is 9.73 Å². The lowest BCUT2D eigenvalue weighted by molar-refractivity contribution is 0.414. The summed E-state index contributed by atoms with van der Waals surface area (Å²) >= 11 is 0. The van der Waals surface area contributed by atoms with Crippen LogP contribution in [0.2, 0.25) is 0 Å². The largest absolute Gasteiger partial charge is 0.495 e. The van der Waals surface area contributed by atoms with E-state index in [1.807, 2.05) is 12.1 Å². The molecular formula is C22H34IN5O. The van der Waals surface area contributed by atoms with Crippen molar-refractivity contribution in [3.05, 3.63) is 48.3 Å². The van der Waals surface area contributed by atoms with E-state index in [1.54, 1.807) is 7.11 Å². The molecule has 3 rings (SSSR count). The fraction of sp³-hybridized carbons (Fsp3) is 0.500. The zero-order valence-electron chi connectivity index (χ0n) is 18.0. The normalized spacial score (nSPS) is 16.5. The highest BCUT2D eigenvalue weighted by Gasteiger charge is 2.24. The highest BCUT2D eigenvalue weighted by molar-refractivity contribution is 14.0. The number of para-hydroxylation sites is 2. The van der Waals surface area contributed by atoms with Crippen LogP contribution in [0.5, 0.6) is 5.75 Å². The Kier molecular flexibility index (Phi) is 9.13. The van der Waals surface area contributed by atoms with Crippen molar-refractivity contribution >= 4 is 35.6 Å². The van der Waals surface area contributed by atoms with Gasteiger partial charge in [-0.1, -0.05) is 12.1 Å². The van der Waals surface area contributed by atoms with Gasteiger partial charge in [0, 0.05) is 52.2 Å². The first-order chi connectivity index (χ1) is 13.6. The van der Waals surface area contributed by atoms with E-state index in [1.165, 1.54) is 11.4 Å². The molecule has 6 nitrogen and oxygen atoms in total. The Morgan fingerprint density at radius 3 is 2.76 bits per heavy atom. The number of nitrogens with zero attached hydrogens (tertiary/aromatic N) is 4. The molecule has 0 spiro atoms. The lowest BCUT2D eigenvalue weighted by atomic mass is 10.1. The predicted octanol–water partition coefficient (Wildman–Crippen LogP) is 3.58. The second-order valence-corrected chi connectivity index (χ2v) is 7.43. The maximum Gasteiger partial charge on any atom is 0.194 e. The molecule has 0 amide bonds. The molecule has 1 unspecified atom stereocenters. The highest BCUT2D eigenvalue weighted by Crippen LogP contribution is 2.32. The fourth-order valence-electron chi connectivity index (χ4n) is 3.76. The number of benzene rings is 1. The quantitative estimate of drug-likeness (QED) is 0.351. The number of aromatic nitrogens is 1. The molecule has 0 radical (unpaired) electrons. The van der Waals surface area contributed by atoms with Crippen LogP contribution in [-0.2, 0) is 13.6 Å². The Morgan fingerprint density at radius 1 is 1.28 bits per heavy atom. The van der Waals surface area contributed by atoms with Crippen LogP contribution in [0.3, 0.4) is 0 Å². The molecule has 1 N–H and O–H groups in total. The number of guanidine groups is 1. The van der Waals surface area contributed by atoms with Crippen molar-refractivity contribution in [1.82, 2.24) is 14.8 Å². The third kappa shape index (κ3) is 6.04. The number of hydrogen-bond acceptors (Lipinski definition) is 3. The number of aryl methyl sites for hydroxylation is 1. The van der Waals surface area contributed by atoms with Gasteiger partial charge in [0.25, 0.3) is 0 Å². The maximum atomic E-state index is 5.53. The van der Waals surface area contributed by atoms with Crippen molar-refractivity contribution in [3.63, 3.8) is 0 Å². The minimum atomic E-state index is 0. The number of aliphatic imine (C=N–C) groups is 1. The molecule has 1 aromatic carbocycles. The number of ether oxygens (including phenoxy) is 1. The van der Waals surface area contributed by atoms with Crippen molar-refractivity contribution in [1.29, 1.82) is 0 Å². The monoisotopic (exact) mass is 511 g/mol. The van der Waals surface area contributed by atoms with Gasteiger partial charge in [-0.25, -0.2) is 0 Å². The van der Waals surface area contributed by atoms with Crippen LogP contribution < -0.4 is 15.0 Å². The van der Waals surface area contributed by atoms with Crippen LogP contribution in [0.15, 0.2) is 47.6 Å². The summed E-state index contributed by atoms with van der Waals surface area (Å²) in [6.45, 7) is 6.74. The molecule has 0 bridgehead atoms. The van der Waals surface area contributed by atoms with Crippen LogP contribution in [0.25, 0.3) is 0 Å². The van der Waals surface area contributed by atoms with Gasteiger partial charge in [-0.15, -0.1) is 24.0 Å². The molecule has 2 heterocycles. The number of rotatable bonds is 7. The average molecular weight is 511 g/mol. The Bertz CT molecular complexity index is 791. The Hall–Kier alpha value is -1.90. The Labute approximate surface area is 192 Å². The molecule has 29 heavy (non-hydrogen) atoms. The first-order valence-electron chi connectivity index (χ1n) is 10.1. The molecule has 1 fully saturated rings. The van der Waals surface area contributed by atoms with E-state index in [-0.39, 0.29) is 24.0 Å². The van der Waals surface area contributed by atoms with Gasteiger partial charge >= 0.3 is 0 Å². The van der Waals surface area contributed by atoms with Crippen LogP contribution in [0, 0.1) is 5.92 Å². The van der Waals surface area contributed by atoms with E-state index in [0.29, 0.717) is 5.92 Å². The number of nitrogens with one attached hydrogen (secondary N) is 1. The molecule has 160 valence electrons. The maximum absolute atomic E-state index is 5.53. The van der Waals surface area contributed by atoms with Gasteiger partial charge in [0.1, 0.15) is 5.75 Å². The van der Waals surface area contributed by atoms with E-state index in [2.05, 4.69) is 71.2 Å². The topological polar surface area (TPSA) is 45.0 Å². The summed E-state index contributed by atoms with van der Waals surface area (Å²) < 4.78 is 7.68. The standard InChI is InChI=1S/C22H33N5O.HI/c1-5-23-22(26(3)17-19-9-8-13-25(19)2)24-15-18-12-14-27(16-18)20-10-6-7-11-21(20)28-4;/h6-11,13,18H,5,12,14-17H2,1-4H3,(H,23,24);1H. The summed E-state index contributed by atoms with van der Waals surface area (Å²) in [6, 6.07) is 12.5. The van der Waals surface area contributed by atoms with E-state index in [9.17, 15) is 0 Å². The lowest BCUT2D eigenvalue weighted by Crippen LogP contribution is -2.39. The van der Waals surface area contributed by atoms with Gasteiger partial charge in [-0.2, -0.15) is 0 Å². The Morgan fingerprint density at radius 2 is 2.07 bits per heavy atom. The van der Waals surface area contributed by atoms with Gasteiger partial charge in [0.05, 0.1) is 19.3 Å². The average Bonchev–Trinajstić information content (AvgIpc) is 3.34. The van der Waals surface area contributed by atoms with Crippen LogP contribution in [0.1, 0.15) is 19.0 Å². The van der Waals surface area contributed by atoms with Crippen molar-refractivity contribution < 1.29 is 4.74 Å². The molecule has 1 aliphatic rings. The number of hydrogen-bond donors (Lipinski definition) is 1. The lowest BCUT2D eigenvalue weighted by Gasteiger charge is -2.23. The van der Waals surface area contributed by atoms with Crippen LogP contribution in [-0.4, -0.2) is 55.8 Å². The first-order valence-corrected chi connectivity index (χ1v) is 10.1. The van der Waals surface area contributed by atoms with Gasteiger partial charge < -0.3 is 24.4 Å². The third-order valence-electron chi connectivity index (χ3n) is 5.36. The summed E-state index contributed by atoms with van der Waals surface area (Å²) in [7, 11) is 5.92. The molecule has 1 aromatic heterocycles. The minimum absolute atomic E-state index is 0. The van der Waals surface area contributed by atoms with E-state index >= 15 is 0 Å². The first kappa shape index (κ1) is 23.4. The number of halogens is 1. The molecule has 1 saturated heterocycles. The van der Waals surface area contributed by atoms with Crippen molar-refractivity contribution in [2.45, 2.75) is 19.9 Å². The van der Waals surface area contributed by atoms with Crippen LogP contribution >= 0.6 is 24.0 Å². The summed E-state index contributed by atoms with van der Waals surface area (Å²) in [5.74, 6) is 2.48. The number of methoxy groups -OCH3 is 1. The SMILES string of the molecule is CCNC(=NCC1CCN(c2ccccc2OC)C1)N(C)Cc1cccn1C.I. The molecule has 1 aliphatic heterocycles.